The van der Waals surface area contributed by atoms with Gasteiger partial charge in [-0.1, -0.05) is 6.07 Å². The van der Waals surface area contributed by atoms with Crippen molar-refractivity contribution in [1.29, 1.82) is 0 Å². The summed E-state index contributed by atoms with van der Waals surface area (Å²) in [6.07, 6.45) is 7.67. The van der Waals surface area contributed by atoms with Crippen molar-refractivity contribution in [2.75, 3.05) is 5.32 Å². The van der Waals surface area contributed by atoms with Gasteiger partial charge in [0.2, 0.25) is 5.91 Å². The summed E-state index contributed by atoms with van der Waals surface area (Å²) < 4.78 is 0. The van der Waals surface area contributed by atoms with Crippen LogP contribution in [-0.2, 0) is 11.2 Å². The van der Waals surface area contributed by atoms with Crippen molar-refractivity contribution >= 4 is 11.7 Å². The van der Waals surface area contributed by atoms with Crippen molar-refractivity contribution in [2.24, 2.45) is 0 Å². The minimum absolute atomic E-state index is 0.0900. The molecular formula is C16H19N4O. The Bertz CT molecular complexity index is 629. The maximum Gasteiger partial charge on any atom is 0.231 e. The molecule has 109 valence electrons. The zero-order valence-electron chi connectivity index (χ0n) is 12.1. The lowest BCUT2D eigenvalue weighted by Crippen LogP contribution is -2.16. The van der Waals surface area contributed by atoms with E-state index in [-0.39, 0.29) is 12.3 Å². The molecule has 0 saturated heterocycles. The average molecular weight is 283 g/mol. The molecule has 0 aromatic carbocycles. The zero-order chi connectivity index (χ0) is 14.7. The Morgan fingerprint density at radius 2 is 2.43 bits per heavy atom. The van der Waals surface area contributed by atoms with Crippen molar-refractivity contribution in [3.8, 4) is 0 Å². The number of carbonyl (C=O) groups excluding carboxylic acids is 1. The molecule has 1 fully saturated rings. The Labute approximate surface area is 124 Å². The molecule has 0 unspecified atom stereocenters. The third kappa shape index (κ3) is 3.29. The second-order valence-corrected chi connectivity index (χ2v) is 5.50. The van der Waals surface area contributed by atoms with Crippen molar-refractivity contribution < 1.29 is 4.79 Å². The second-order valence-electron chi connectivity index (χ2n) is 5.50. The molecule has 2 aromatic rings. The molecule has 5 heteroatoms. The fourth-order valence-electron chi connectivity index (χ4n) is 2.69. The average Bonchev–Trinajstić information content (AvgIpc) is 3.12. The molecule has 1 aliphatic carbocycles. The van der Waals surface area contributed by atoms with E-state index in [1.165, 1.54) is 0 Å². The van der Waals surface area contributed by atoms with E-state index in [0.717, 1.165) is 36.2 Å². The van der Waals surface area contributed by atoms with Gasteiger partial charge in [0, 0.05) is 23.9 Å². The van der Waals surface area contributed by atoms with Gasteiger partial charge in [-0.05, 0) is 44.2 Å². The van der Waals surface area contributed by atoms with Crippen LogP contribution in [0.5, 0.6) is 0 Å². The molecule has 1 radical (unpaired) electrons. The van der Waals surface area contributed by atoms with Crippen LogP contribution in [0, 0.1) is 13.3 Å². The molecule has 1 aliphatic rings. The number of aryl methyl sites for hydroxylation is 1. The first kappa shape index (κ1) is 13.8. The summed E-state index contributed by atoms with van der Waals surface area (Å²) in [7, 11) is 0. The van der Waals surface area contributed by atoms with Gasteiger partial charge in [0.05, 0.1) is 12.1 Å². The molecule has 1 saturated carbocycles. The van der Waals surface area contributed by atoms with Gasteiger partial charge in [0.1, 0.15) is 0 Å². The Morgan fingerprint density at radius 1 is 1.52 bits per heavy atom. The second kappa shape index (κ2) is 6.08. The Kier molecular flexibility index (Phi) is 3.99. The number of rotatable bonds is 4. The molecule has 0 bridgehead atoms. The summed E-state index contributed by atoms with van der Waals surface area (Å²) in [4.78, 5) is 16.3. The number of amides is 1. The topological polar surface area (TPSA) is 70.7 Å². The van der Waals surface area contributed by atoms with Gasteiger partial charge in [0.25, 0.3) is 0 Å². The fraction of sp³-hybridized carbons (Fsp3) is 0.375. The number of H-pyrrole nitrogens is 1. The van der Waals surface area contributed by atoms with Crippen molar-refractivity contribution in [3.05, 3.63) is 47.8 Å². The minimum Gasteiger partial charge on any atom is -0.309 e. The lowest BCUT2D eigenvalue weighted by molar-refractivity contribution is -0.115. The third-order valence-corrected chi connectivity index (χ3v) is 3.92. The maximum absolute atomic E-state index is 12.1. The predicted molar refractivity (Wildman–Crippen MR) is 80.8 cm³/mol. The van der Waals surface area contributed by atoms with Crippen LogP contribution in [0.3, 0.4) is 0 Å². The highest BCUT2D eigenvalue weighted by molar-refractivity contribution is 5.91. The standard InChI is InChI=1S/C16H19N4O/c1-11-5-4-8-17-13(11)10-16(21)18-15-9-14(19-20-15)12-6-2-3-7-12/h2,4-5,8-9,12H,3,6-7,10H2,1H3,(H2,18,19,20,21)/t12-/m0/s1. The number of hydrogen-bond donors (Lipinski definition) is 2. The quantitative estimate of drug-likeness (QED) is 0.906. The molecule has 2 aromatic heterocycles. The summed E-state index contributed by atoms with van der Waals surface area (Å²) in [5, 5.41) is 10.0. The number of nitrogens with zero attached hydrogens (tertiary/aromatic N) is 2. The largest absolute Gasteiger partial charge is 0.309 e. The van der Waals surface area contributed by atoms with Gasteiger partial charge in [-0.3, -0.25) is 14.9 Å². The van der Waals surface area contributed by atoms with E-state index >= 15 is 0 Å². The highest BCUT2D eigenvalue weighted by Crippen LogP contribution is 2.32. The Hall–Kier alpha value is -2.17. The Balaban J connectivity index is 1.61. The molecule has 3 rings (SSSR count). The molecule has 0 aliphatic heterocycles. The van der Waals surface area contributed by atoms with Gasteiger partial charge in [-0.2, -0.15) is 5.10 Å². The Morgan fingerprint density at radius 3 is 3.19 bits per heavy atom. The first-order valence-electron chi connectivity index (χ1n) is 7.29. The van der Waals surface area contributed by atoms with Gasteiger partial charge in [-0.25, -0.2) is 0 Å². The third-order valence-electron chi connectivity index (χ3n) is 3.92. The van der Waals surface area contributed by atoms with E-state index in [1.54, 1.807) is 6.20 Å². The van der Waals surface area contributed by atoms with Crippen LogP contribution in [0.25, 0.3) is 0 Å². The van der Waals surface area contributed by atoms with Crippen molar-refractivity contribution in [2.45, 2.75) is 38.5 Å². The van der Waals surface area contributed by atoms with Gasteiger partial charge in [0.15, 0.2) is 5.82 Å². The lowest BCUT2D eigenvalue weighted by Gasteiger charge is -2.04. The van der Waals surface area contributed by atoms with Crippen LogP contribution in [0.4, 0.5) is 5.82 Å². The summed E-state index contributed by atoms with van der Waals surface area (Å²) in [5.74, 6) is 1.02. The summed E-state index contributed by atoms with van der Waals surface area (Å²) in [6.45, 7) is 1.96. The van der Waals surface area contributed by atoms with Crippen LogP contribution in [0.2, 0.25) is 0 Å². The van der Waals surface area contributed by atoms with Gasteiger partial charge < -0.3 is 5.32 Å². The van der Waals surface area contributed by atoms with E-state index in [9.17, 15) is 4.79 Å². The number of aromatic amines is 1. The maximum atomic E-state index is 12.1. The SMILES string of the molecule is Cc1cccnc1CC(=O)Nc1cc([C@H]2C[CH]CC2)[nH]n1. The zero-order valence-corrected chi connectivity index (χ0v) is 12.1. The van der Waals surface area contributed by atoms with E-state index in [4.69, 9.17) is 0 Å². The molecule has 21 heavy (non-hydrogen) atoms. The van der Waals surface area contributed by atoms with E-state index < -0.39 is 0 Å². The van der Waals surface area contributed by atoms with Crippen LogP contribution in [-0.4, -0.2) is 21.1 Å². The molecular weight excluding hydrogens is 264 g/mol. The number of pyridine rings is 1. The van der Waals surface area contributed by atoms with E-state index in [1.807, 2.05) is 25.1 Å². The molecule has 2 N–H and O–H groups in total. The fourth-order valence-corrected chi connectivity index (χ4v) is 2.69. The first-order chi connectivity index (χ1) is 10.2. The molecule has 5 nitrogen and oxygen atoms in total. The number of nitrogens with one attached hydrogen (secondary N) is 2. The summed E-state index contributed by atoms with van der Waals surface area (Å²) in [6, 6.07) is 5.77. The highest BCUT2D eigenvalue weighted by Gasteiger charge is 2.19. The van der Waals surface area contributed by atoms with Crippen molar-refractivity contribution in [1.82, 2.24) is 15.2 Å². The first-order valence-corrected chi connectivity index (χ1v) is 7.29. The molecule has 1 atom stereocenters. The van der Waals surface area contributed by atoms with Crippen LogP contribution in [0.15, 0.2) is 24.4 Å². The van der Waals surface area contributed by atoms with Crippen LogP contribution in [0.1, 0.15) is 42.1 Å². The summed E-state index contributed by atoms with van der Waals surface area (Å²) >= 11 is 0. The van der Waals surface area contributed by atoms with E-state index in [2.05, 4.69) is 26.9 Å². The number of aromatic nitrogens is 3. The van der Waals surface area contributed by atoms with E-state index in [0.29, 0.717) is 11.7 Å². The number of hydrogen-bond acceptors (Lipinski definition) is 3. The minimum atomic E-state index is -0.0900. The van der Waals surface area contributed by atoms with Crippen molar-refractivity contribution in [3.63, 3.8) is 0 Å². The lowest BCUT2D eigenvalue weighted by atomic mass is 10.0. The van der Waals surface area contributed by atoms with Crippen LogP contribution >= 0.6 is 0 Å². The smallest absolute Gasteiger partial charge is 0.231 e. The number of anilines is 1. The molecule has 0 spiro atoms. The van der Waals surface area contributed by atoms with Gasteiger partial charge in [-0.15, -0.1) is 0 Å². The number of carbonyl (C=O) groups is 1. The molecule has 1 amide bonds. The predicted octanol–water partition coefficient (Wildman–Crippen LogP) is 2.77. The van der Waals surface area contributed by atoms with Gasteiger partial charge >= 0.3 is 0 Å². The molecule has 2 heterocycles. The normalized spacial score (nSPS) is 15.3. The summed E-state index contributed by atoms with van der Waals surface area (Å²) in [5.41, 5.74) is 2.93. The monoisotopic (exact) mass is 283 g/mol. The highest BCUT2D eigenvalue weighted by atomic mass is 16.1. The van der Waals surface area contributed by atoms with Crippen LogP contribution < -0.4 is 5.32 Å².